The van der Waals surface area contributed by atoms with Gasteiger partial charge in [-0.15, -0.1) is 0 Å². The number of nitrogens with zero attached hydrogens (tertiary/aromatic N) is 1. The number of benzene rings is 1. The third-order valence-electron chi connectivity index (χ3n) is 7.46. The van der Waals surface area contributed by atoms with E-state index in [0.717, 1.165) is 42.5 Å². The van der Waals surface area contributed by atoms with E-state index in [4.69, 9.17) is 9.47 Å². The second-order valence-electron chi connectivity index (χ2n) is 9.57. The quantitative estimate of drug-likeness (QED) is 0.635. The summed E-state index contributed by atoms with van der Waals surface area (Å²) in [6, 6.07) is 10.3. The SMILES string of the molecule is CCOC(=O)N[C@@H]1CC[C@@H]2[C@@H](C1)C[C@H]1OC(=O)N[C@H]1[C@H]2/C=C/c1ccc(-c2cccc(F)c2)cn1. The number of rotatable bonds is 5. The number of halogens is 1. The number of carbonyl (C=O) groups is 2. The Morgan fingerprint density at radius 1 is 1.26 bits per heavy atom. The molecule has 1 aromatic carbocycles. The summed E-state index contributed by atoms with van der Waals surface area (Å²) >= 11 is 0. The van der Waals surface area contributed by atoms with Crippen LogP contribution in [0.2, 0.25) is 0 Å². The van der Waals surface area contributed by atoms with E-state index in [1.807, 2.05) is 24.3 Å². The molecule has 6 atom stereocenters. The van der Waals surface area contributed by atoms with Gasteiger partial charge in [-0.2, -0.15) is 0 Å². The van der Waals surface area contributed by atoms with Crippen LogP contribution in [0, 0.1) is 23.6 Å². The fraction of sp³-hybridized carbons (Fsp3) is 0.444. The lowest BCUT2D eigenvalue weighted by Gasteiger charge is -2.46. The molecule has 8 heteroatoms. The van der Waals surface area contributed by atoms with Gasteiger partial charge in [0.25, 0.3) is 0 Å². The topological polar surface area (TPSA) is 89.5 Å². The molecular formula is C27H30FN3O4. The Labute approximate surface area is 204 Å². The summed E-state index contributed by atoms with van der Waals surface area (Å²) in [5.41, 5.74) is 2.43. The average molecular weight is 480 g/mol. The molecule has 2 amide bonds. The van der Waals surface area contributed by atoms with Gasteiger partial charge in [0.2, 0.25) is 0 Å². The van der Waals surface area contributed by atoms with Crippen molar-refractivity contribution >= 4 is 18.3 Å². The van der Waals surface area contributed by atoms with E-state index in [2.05, 4.69) is 21.7 Å². The van der Waals surface area contributed by atoms with Crippen LogP contribution in [-0.2, 0) is 9.47 Å². The molecule has 0 radical (unpaired) electrons. The molecule has 0 spiro atoms. The van der Waals surface area contributed by atoms with E-state index < -0.39 is 0 Å². The van der Waals surface area contributed by atoms with Gasteiger partial charge in [0.1, 0.15) is 11.9 Å². The average Bonchev–Trinajstić information content (AvgIpc) is 3.22. The molecule has 0 bridgehead atoms. The zero-order valence-electron chi connectivity index (χ0n) is 19.7. The summed E-state index contributed by atoms with van der Waals surface area (Å²) in [5, 5.41) is 5.99. The first-order valence-corrected chi connectivity index (χ1v) is 12.3. The Kier molecular flexibility index (Phi) is 6.70. The van der Waals surface area contributed by atoms with Crippen molar-refractivity contribution in [3.8, 4) is 11.1 Å². The minimum absolute atomic E-state index is 0.0681. The van der Waals surface area contributed by atoms with Gasteiger partial charge in [-0.25, -0.2) is 14.0 Å². The van der Waals surface area contributed by atoms with Crippen LogP contribution in [0.15, 0.2) is 48.7 Å². The Balaban J connectivity index is 1.31. The van der Waals surface area contributed by atoms with Crippen LogP contribution in [0.1, 0.15) is 38.3 Å². The molecule has 2 saturated carbocycles. The Morgan fingerprint density at radius 3 is 2.91 bits per heavy atom. The lowest BCUT2D eigenvalue weighted by Crippen LogP contribution is -2.52. The van der Waals surface area contributed by atoms with Crippen LogP contribution in [-0.4, -0.2) is 42.0 Å². The molecule has 3 aliphatic rings. The number of hydrogen-bond acceptors (Lipinski definition) is 5. The third kappa shape index (κ3) is 5.16. The highest BCUT2D eigenvalue weighted by molar-refractivity contribution is 5.71. The summed E-state index contributed by atoms with van der Waals surface area (Å²) in [5.74, 6) is 0.545. The van der Waals surface area contributed by atoms with Crippen molar-refractivity contribution in [2.45, 2.75) is 50.8 Å². The summed E-state index contributed by atoms with van der Waals surface area (Å²) in [4.78, 5) is 28.5. The van der Waals surface area contributed by atoms with Gasteiger partial charge in [-0.1, -0.05) is 24.3 Å². The molecule has 35 heavy (non-hydrogen) atoms. The van der Waals surface area contributed by atoms with E-state index in [0.29, 0.717) is 18.4 Å². The van der Waals surface area contributed by atoms with Crippen molar-refractivity contribution in [3.63, 3.8) is 0 Å². The number of ether oxygens (including phenoxy) is 2. The first kappa shape index (κ1) is 23.3. The van der Waals surface area contributed by atoms with E-state index in [1.54, 1.807) is 19.2 Å². The number of nitrogens with one attached hydrogen (secondary N) is 2. The lowest BCUT2D eigenvalue weighted by atomic mass is 9.62. The van der Waals surface area contributed by atoms with E-state index in [1.165, 1.54) is 12.1 Å². The lowest BCUT2D eigenvalue weighted by molar-refractivity contribution is 0.0181. The van der Waals surface area contributed by atoms with Crippen LogP contribution in [0.4, 0.5) is 14.0 Å². The normalized spacial score (nSPS) is 29.6. The molecule has 7 nitrogen and oxygen atoms in total. The van der Waals surface area contributed by atoms with E-state index in [-0.39, 0.29) is 42.1 Å². The Hall–Kier alpha value is -3.42. The number of pyridine rings is 1. The molecule has 184 valence electrons. The largest absolute Gasteiger partial charge is 0.450 e. The summed E-state index contributed by atoms with van der Waals surface area (Å²) in [7, 11) is 0. The number of amides is 2. The highest BCUT2D eigenvalue weighted by Crippen LogP contribution is 2.47. The highest BCUT2D eigenvalue weighted by atomic mass is 19.1. The van der Waals surface area contributed by atoms with E-state index >= 15 is 0 Å². The van der Waals surface area contributed by atoms with Crippen molar-refractivity contribution in [1.29, 1.82) is 0 Å². The monoisotopic (exact) mass is 479 g/mol. The van der Waals surface area contributed by atoms with Crippen molar-refractivity contribution in [3.05, 3.63) is 60.2 Å². The number of carbonyl (C=O) groups excluding carboxylic acids is 2. The highest BCUT2D eigenvalue weighted by Gasteiger charge is 2.50. The smallest absolute Gasteiger partial charge is 0.407 e. The van der Waals surface area contributed by atoms with Crippen molar-refractivity contribution in [2.24, 2.45) is 17.8 Å². The summed E-state index contributed by atoms with van der Waals surface area (Å²) in [6.45, 7) is 2.14. The Bertz CT molecular complexity index is 1110. The second kappa shape index (κ2) is 10.1. The van der Waals surface area contributed by atoms with Crippen LogP contribution >= 0.6 is 0 Å². The number of hydrogen-bond donors (Lipinski definition) is 2. The van der Waals surface area contributed by atoms with Crippen LogP contribution in [0.25, 0.3) is 17.2 Å². The van der Waals surface area contributed by atoms with Crippen molar-refractivity contribution in [2.75, 3.05) is 6.61 Å². The zero-order chi connectivity index (χ0) is 24.4. The number of fused-ring (bicyclic) bond motifs is 2. The molecule has 1 aromatic heterocycles. The maximum absolute atomic E-state index is 13.6. The second-order valence-corrected chi connectivity index (χ2v) is 9.57. The van der Waals surface area contributed by atoms with Gasteiger partial charge in [-0.05, 0) is 74.3 Å². The summed E-state index contributed by atoms with van der Waals surface area (Å²) < 4.78 is 24.2. The van der Waals surface area contributed by atoms with Gasteiger partial charge in [0.05, 0.1) is 18.3 Å². The van der Waals surface area contributed by atoms with E-state index in [9.17, 15) is 14.0 Å². The maximum atomic E-state index is 13.6. The van der Waals surface area contributed by atoms with Crippen LogP contribution < -0.4 is 10.6 Å². The predicted octanol–water partition coefficient (Wildman–Crippen LogP) is 4.93. The van der Waals surface area contributed by atoms with Gasteiger partial charge in [0, 0.05) is 23.7 Å². The van der Waals surface area contributed by atoms with Gasteiger partial charge in [0.15, 0.2) is 0 Å². The third-order valence-corrected chi connectivity index (χ3v) is 7.46. The molecule has 2 heterocycles. The molecule has 1 aliphatic heterocycles. The minimum atomic E-state index is -0.372. The van der Waals surface area contributed by atoms with Gasteiger partial charge < -0.3 is 20.1 Å². The maximum Gasteiger partial charge on any atom is 0.407 e. The standard InChI is InChI=1S/C27H30FN3O4/c1-2-34-26(32)30-21-9-10-22-18(13-21)14-24-25(31-27(33)35-24)23(22)11-8-20-7-6-17(15-29-20)16-4-3-5-19(28)12-16/h3-8,11-12,15,18,21-25H,2,9-10,13-14H2,1H3,(H,30,32)(H,31,33)/b11-8+/t18-,21+,22+,23-,24+,25-/m0/s1. The Morgan fingerprint density at radius 2 is 2.14 bits per heavy atom. The predicted molar refractivity (Wildman–Crippen MR) is 129 cm³/mol. The first-order chi connectivity index (χ1) is 17.0. The van der Waals surface area contributed by atoms with Crippen molar-refractivity contribution in [1.82, 2.24) is 15.6 Å². The van der Waals surface area contributed by atoms with Gasteiger partial charge in [-0.3, -0.25) is 4.98 Å². The zero-order valence-corrected chi connectivity index (χ0v) is 19.7. The minimum Gasteiger partial charge on any atom is -0.450 e. The molecule has 5 rings (SSSR count). The molecule has 2 N–H and O–H groups in total. The number of alkyl carbamates (subject to hydrolysis) is 2. The number of aromatic nitrogens is 1. The van der Waals surface area contributed by atoms with Crippen molar-refractivity contribution < 1.29 is 23.5 Å². The first-order valence-electron chi connectivity index (χ1n) is 12.3. The molecule has 2 aromatic rings. The van der Waals surface area contributed by atoms with Gasteiger partial charge >= 0.3 is 12.2 Å². The molecule has 0 unspecified atom stereocenters. The van der Waals surface area contributed by atoms with Crippen LogP contribution in [0.5, 0.6) is 0 Å². The fourth-order valence-corrected chi connectivity index (χ4v) is 5.93. The molecular weight excluding hydrogens is 449 g/mol. The summed E-state index contributed by atoms with van der Waals surface area (Å²) in [6.07, 6.45) is 8.42. The molecule has 2 aliphatic carbocycles. The molecule has 3 fully saturated rings. The fourth-order valence-electron chi connectivity index (χ4n) is 5.93. The van der Waals surface area contributed by atoms with Crippen LogP contribution in [0.3, 0.4) is 0 Å². The molecule has 1 saturated heterocycles.